The monoisotopic (exact) mass is 617 g/mol. The molecule has 0 spiro atoms. The van der Waals surface area contributed by atoms with Gasteiger partial charge in [-0.1, -0.05) is 50.1 Å². The Morgan fingerprint density at radius 1 is 1.05 bits per heavy atom. The normalized spacial score (nSPS) is 13.2. The van der Waals surface area contributed by atoms with Crippen molar-refractivity contribution in [3.05, 3.63) is 75.8 Å². The van der Waals surface area contributed by atoms with Crippen LogP contribution in [0.1, 0.15) is 47.8 Å². The molecule has 0 bridgehead atoms. The quantitative estimate of drug-likeness (QED) is 0.307. The highest BCUT2D eigenvalue weighted by Crippen LogP contribution is 2.43. The molecule has 1 unspecified atom stereocenters. The molecule has 0 heterocycles. The Bertz CT molecular complexity index is 1600. The molecule has 1 atom stereocenters. The van der Waals surface area contributed by atoms with Crippen molar-refractivity contribution < 1.29 is 40.3 Å². The number of halogens is 4. The molecule has 216 valence electrons. The third-order valence-electron chi connectivity index (χ3n) is 6.01. The summed E-state index contributed by atoms with van der Waals surface area (Å²) in [5, 5.41) is 13.0. The Morgan fingerprint density at radius 2 is 1.62 bits per heavy atom. The fourth-order valence-electron chi connectivity index (χ4n) is 3.88. The summed E-state index contributed by atoms with van der Waals surface area (Å²) in [5.74, 6) is -1.41. The third-order valence-corrected chi connectivity index (χ3v) is 8.51. The van der Waals surface area contributed by atoms with E-state index in [1.807, 2.05) is 6.92 Å². The lowest BCUT2D eigenvalue weighted by atomic mass is 9.83. The average Bonchev–Trinajstić information content (AvgIpc) is 2.81. The first-order valence-corrected chi connectivity index (χ1v) is 14.4. The average molecular weight is 618 g/mol. The van der Waals surface area contributed by atoms with Gasteiger partial charge in [0.15, 0.2) is 0 Å². The van der Waals surface area contributed by atoms with Crippen molar-refractivity contribution in [2.45, 2.75) is 50.4 Å². The van der Waals surface area contributed by atoms with E-state index in [1.54, 1.807) is 45.0 Å². The van der Waals surface area contributed by atoms with E-state index < -0.39 is 53.6 Å². The van der Waals surface area contributed by atoms with Gasteiger partial charge in [-0.2, -0.15) is 13.2 Å². The van der Waals surface area contributed by atoms with Crippen molar-refractivity contribution in [1.29, 1.82) is 0 Å². The first-order valence-electron chi connectivity index (χ1n) is 11.5. The number of rotatable bonds is 6. The first-order chi connectivity index (χ1) is 18.3. The van der Waals surface area contributed by atoms with Crippen molar-refractivity contribution in [3.8, 4) is 5.75 Å². The number of aromatic hydroxyl groups is 1. The number of alkyl halides is 3. The van der Waals surface area contributed by atoms with Crippen LogP contribution in [0.2, 0.25) is 5.02 Å². The maximum absolute atomic E-state index is 13.5. The van der Waals surface area contributed by atoms with Gasteiger partial charge in [-0.15, -0.1) is 0 Å². The van der Waals surface area contributed by atoms with Gasteiger partial charge in [0.2, 0.25) is 0 Å². The summed E-state index contributed by atoms with van der Waals surface area (Å²) in [6, 6.07) is 10.1. The highest BCUT2D eigenvalue weighted by atomic mass is 35.5. The van der Waals surface area contributed by atoms with Crippen LogP contribution in [-0.2, 0) is 26.5 Å². The van der Waals surface area contributed by atoms with E-state index in [4.69, 9.17) is 11.6 Å². The van der Waals surface area contributed by atoms with Gasteiger partial charge < -0.3 is 15.0 Å². The number of hydrogen-bond donors (Lipinski definition) is 2. The summed E-state index contributed by atoms with van der Waals surface area (Å²) in [7, 11) is -5.69. The highest BCUT2D eigenvalue weighted by Gasteiger charge is 2.47. The minimum Gasteiger partial charge on any atom is -0.755 e. The van der Waals surface area contributed by atoms with Crippen LogP contribution in [0.5, 0.6) is 5.75 Å². The number of phenols is 1. The van der Waals surface area contributed by atoms with E-state index in [2.05, 4.69) is 5.32 Å². The number of sulfone groups is 1. The predicted molar refractivity (Wildman–Crippen MR) is 146 cm³/mol. The van der Waals surface area contributed by atoms with Crippen LogP contribution in [0.3, 0.4) is 0 Å². The van der Waals surface area contributed by atoms with Crippen LogP contribution >= 0.6 is 11.6 Å². The van der Waals surface area contributed by atoms with Crippen LogP contribution in [0.4, 0.5) is 30.2 Å². The predicted octanol–water partition coefficient (Wildman–Crippen LogP) is 6.44. The number of nitrogens with one attached hydrogen (secondary N) is 1. The van der Waals surface area contributed by atoms with Crippen molar-refractivity contribution >= 4 is 55.7 Å². The summed E-state index contributed by atoms with van der Waals surface area (Å²) in [6.45, 7) is 8.47. The minimum atomic E-state index is -5.69. The molecule has 0 aliphatic carbocycles. The molecular weight excluding hydrogens is 593 g/mol. The van der Waals surface area contributed by atoms with Gasteiger partial charge in [0.1, 0.15) is 5.75 Å². The fourth-order valence-corrected chi connectivity index (χ4v) is 5.61. The zero-order valence-corrected chi connectivity index (χ0v) is 24.3. The van der Waals surface area contributed by atoms with Crippen LogP contribution in [-0.4, -0.2) is 33.7 Å². The molecule has 0 radical (unpaired) electrons. The van der Waals surface area contributed by atoms with Crippen molar-refractivity contribution in [3.63, 3.8) is 0 Å². The van der Waals surface area contributed by atoms with E-state index in [1.165, 1.54) is 13.0 Å². The van der Waals surface area contributed by atoms with Crippen molar-refractivity contribution in [1.82, 2.24) is 0 Å². The molecular formula is C26H25ClF3N2O6S2-. The lowest BCUT2D eigenvalue weighted by molar-refractivity contribution is -0.0436. The summed E-state index contributed by atoms with van der Waals surface area (Å²) in [5.41, 5.74) is -5.35. The number of benzene rings is 3. The number of carbonyl (C=O) groups excluding carboxylic acids is 1. The second kappa shape index (κ2) is 11.0. The molecule has 8 nitrogen and oxygen atoms in total. The Morgan fingerprint density at radius 3 is 2.10 bits per heavy atom. The Balaban J connectivity index is 2.17. The molecule has 0 aromatic heterocycles. The number of aryl methyl sites for hydroxylation is 1. The Kier molecular flexibility index (Phi) is 8.66. The Labute approximate surface area is 237 Å². The van der Waals surface area contributed by atoms with Crippen LogP contribution < -0.4 is 9.62 Å². The number of hydrogen-bond acceptors (Lipinski definition) is 6. The lowest BCUT2D eigenvalue weighted by Gasteiger charge is -2.32. The SMILES string of the molecule is Cc1ccc(N(c2cc(C(C)(C)C)c(O)c(C(=O)Nc3ccc(S(=O)(=O)C(F)(F)F)cc3Cl)c2C)S(=O)[O-])cc1. The number of amides is 1. The smallest absolute Gasteiger partial charge is 0.501 e. The van der Waals surface area contributed by atoms with E-state index in [9.17, 15) is 40.3 Å². The molecule has 0 saturated heterocycles. The molecule has 2 N–H and O–H groups in total. The van der Waals surface area contributed by atoms with E-state index in [0.717, 1.165) is 15.9 Å². The fraction of sp³-hybridized carbons (Fsp3) is 0.269. The molecule has 1 amide bonds. The molecule has 3 rings (SSSR count). The minimum absolute atomic E-state index is 0.0696. The largest absolute Gasteiger partial charge is 0.755 e. The zero-order valence-electron chi connectivity index (χ0n) is 21.9. The van der Waals surface area contributed by atoms with E-state index in [-0.39, 0.29) is 33.8 Å². The molecule has 0 aliphatic heterocycles. The second-order valence-corrected chi connectivity index (χ2v) is 13.1. The lowest BCUT2D eigenvalue weighted by Crippen LogP contribution is -2.25. The summed E-state index contributed by atoms with van der Waals surface area (Å²) in [6.07, 6.45) is 0. The number of carbonyl (C=O) groups is 1. The summed E-state index contributed by atoms with van der Waals surface area (Å²) >= 11 is 3.17. The molecule has 3 aromatic carbocycles. The standard InChI is InChI=1S/C26H26ClF3N2O6S2/c1-14-6-8-16(9-7-14)32(39(35)36)21-13-18(25(3,4)5)23(33)22(15(21)2)24(34)31-20-11-10-17(12-19(20)27)40(37,38)26(28,29)30/h6-13,33H,1-5H3,(H,31,34)(H,35,36)/p-1. The molecule has 0 fully saturated rings. The topological polar surface area (TPSA) is 127 Å². The van der Waals surface area contributed by atoms with Gasteiger partial charge in [0.05, 0.1) is 43.8 Å². The van der Waals surface area contributed by atoms with Gasteiger partial charge in [-0.25, -0.2) is 8.42 Å². The van der Waals surface area contributed by atoms with E-state index in [0.29, 0.717) is 12.1 Å². The zero-order chi connectivity index (χ0) is 30.4. The maximum atomic E-state index is 13.5. The maximum Gasteiger partial charge on any atom is 0.501 e. The second-order valence-electron chi connectivity index (χ2n) is 9.93. The van der Waals surface area contributed by atoms with Gasteiger partial charge >= 0.3 is 5.51 Å². The van der Waals surface area contributed by atoms with Crippen LogP contribution in [0.15, 0.2) is 53.4 Å². The Hall–Kier alpha value is -3.13. The van der Waals surface area contributed by atoms with Gasteiger partial charge in [-0.05, 0) is 61.2 Å². The highest BCUT2D eigenvalue weighted by molar-refractivity contribution is 7.92. The molecule has 3 aromatic rings. The van der Waals surface area contributed by atoms with E-state index >= 15 is 0 Å². The van der Waals surface area contributed by atoms with Gasteiger partial charge in [0.25, 0.3) is 15.7 Å². The van der Waals surface area contributed by atoms with Crippen LogP contribution in [0.25, 0.3) is 0 Å². The first kappa shape index (κ1) is 31.4. The number of nitrogens with zero attached hydrogens (tertiary/aromatic N) is 1. The summed E-state index contributed by atoms with van der Waals surface area (Å²) in [4.78, 5) is 12.3. The number of phenolic OH excluding ortho intramolecular Hbond substituents is 1. The molecule has 0 aliphatic rings. The molecule has 40 heavy (non-hydrogen) atoms. The van der Waals surface area contributed by atoms with Crippen molar-refractivity contribution in [2.75, 3.05) is 9.62 Å². The van der Waals surface area contributed by atoms with Gasteiger partial charge in [0, 0.05) is 5.56 Å². The van der Waals surface area contributed by atoms with Gasteiger partial charge in [-0.3, -0.25) is 13.3 Å². The third kappa shape index (κ3) is 6.12. The van der Waals surface area contributed by atoms with Crippen molar-refractivity contribution in [2.24, 2.45) is 0 Å². The van der Waals surface area contributed by atoms with Crippen LogP contribution in [0, 0.1) is 13.8 Å². The molecule has 14 heteroatoms. The number of anilines is 3. The molecule has 0 saturated carbocycles. The summed E-state index contributed by atoms with van der Waals surface area (Å²) < 4.78 is 88.0.